The number of aliphatic hydroxyl groups excluding tert-OH is 1. The SMILES string of the molecule is CCOCCOCCOCCNC(=O)c1cnc(N2CCN(c3ncc4c(n3)CCN(C(=O)O[C@@H]3CC[C@@H](C[C@@H](C)[C@@H]5C[C@@H](OC)[C@H](C)/C=C(\C)[C@@H](O)[C@@H](OC)C(=O)[C@H](C)C[C@H](C)/C=C/C=C/C=C(\C)[C@@H](OC)C[C@@H]6CC[C@@H](C)[C@@](O)(O6)C(=O)C(=O)N6CCCC[C@H]6C(=O)O5)C[C@H]3OC)C4)C[C@@H]2C(=O)O)nc1. The lowest BCUT2D eigenvalue weighted by Crippen LogP contribution is -2.61. The number of cyclic esters (lactones) is 1. The Labute approximate surface area is 629 Å². The summed E-state index contributed by atoms with van der Waals surface area (Å²) in [7, 11) is 6.13. The molecule has 1 saturated carbocycles. The minimum atomic E-state index is -2.47. The third kappa shape index (κ3) is 23.2. The number of fused-ring (bicyclic) bond motifs is 4. The highest BCUT2D eigenvalue weighted by atomic mass is 16.6. The number of amides is 3. The van der Waals surface area contributed by atoms with E-state index in [1.807, 2.05) is 78.0 Å². The van der Waals surface area contributed by atoms with Crippen molar-refractivity contribution in [2.45, 2.75) is 212 Å². The molecule has 7 heterocycles. The Balaban J connectivity index is 0.911. The predicted octanol–water partition coefficient (Wildman–Crippen LogP) is 6.99. The summed E-state index contributed by atoms with van der Waals surface area (Å²) in [6.45, 7) is 19.1. The van der Waals surface area contributed by atoms with Crippen LogP contribution < -0.4 is 15.1 Å². The van der Waals surface area contributed by atoms with E-state index in [9.17, 15) is 48.9 Å². The maximum Gasteiger partial charge on any atom is 0.410 e. The Bertz CT molecular complexity index is 3390. The monoisotopic (exact) mass is 1500 g/mol. The number of aliphatic carboxylic acids is 1. The van der Waals surface area contributed by atoms with Crippen LogP contribution in [0, 0.1) is 35.5 Å². The number of carbonyl (C=O) groups excluding carboxylic acids is 6. The third-order valence-corrected chi connectivity index (χ3v) is 21.9. The van der Waals surface area contributed by atoms with E-state index in [4.69, 9.17) is 52.4 Å². The first-order chi connectivity index (χ1) is 51.3. The van der Waals surface area contributed by atoms with E-state index < -0.39 is 120 Å². The van der Waals surface area contributed by atoms with E-state index in [0.29, 0.717) is 128 Å². The normalized spacial score (nSPS) is 31.9. The topological polar surface area (TPSA) is 349 Å². The highest BCUT2D eigenvalue weighted by molar-refractivity contribution is 6.39. The van der Waals surface area contributed by atoms with Crippen LogP contribution in [0.4, 0.5) is 16.7 Å². The summed E-state index contributed by atoms with van der Waals surface area (Å²) in [6, 6.07) is -2.22. The Hall–Kier alpha value is -7.19. The molecule has 6 aliphatic rings. The average Bonchev–Trinajstić information content (AvgIpc) is 0.779. The van der Waals surface area contributed by atoms with Gasteiger partial charge in [0, 0.05) is 129 Å². The first-order valence-corrected chi connectivity index (χ1v) is 38.2. The molecule has 29 nitrogen and oxygen atoms in total. The Kier molecular flexibility index (Phi) is 33.2. The lowest BCUT2D eigenvalue weighted by atomic mass is 9.78. The molecule has 0 radical (unpaired) electrons. The second-order valence-electron chi connectivity index (χ2n) is 29.6. The van der Waals surface area contributed by atoms with Gasteiger partial charge in [-0.15, -0.1) is 0 Å². The number of carboxylic acid groups (broad SMARTS) is 1. The third-order valence-electron chi connectivity index (χ3n) is 21.9. The van der Waals surface area contributed by atoms with E-state index >= 15 is 0 Å². The summed E-state index contributed by atoms with van der Waals surface area (Å²) in [5.74, 6) is -8.50. The molecule has 0 aromatic carbocycles. The van der Waals surface area contributed by atoms with Crippen LogP contribution in [0.25, 0.3) is 0 Å². The summed E-state index contributed by atoms with van der Waals surface area (Å²) in [5, 5.41) is 37.2. The van der Waals surface area contributed by atoms with Gasteiger partial charge in [-0.25, -0.2) is 34.3 Å². The predicted molar refractivity (Wildman–Crippen MR) is 395 cm³/mol. The number of carboxylic acids is 1. The smallest absolute Gasteiger partial charge is 0.410 e. The summed E-state index contributed by atoms with van der Waals surface area (Å²) < 4.78 is 59.2. The van der Waals surface area contributed by atoms with Crippen molar-refractivity contribution in [3.05, 3.63) is 83.0 Å². The van der Waals surface area contributed by atoms with E-state index in [2.05, 4.69) is 20.3 Å². The van der Waals surface area contributed by atoms with Gasteiger partial charge < -0.3 is 87.6 Å². The second kappa shape index (κ2) is 41.6. The number of anilines is 2. The van der Waals surface area contributed by atoms with Gasteiger partial charge in [0.05, 0.1) is 81.8 Å². The number of piperidine rings is 1. The fourth-order valence-corrected chi connectivity index (χ4v) is 15.4. The van der Waals surface area contributed by atoms with Crippen molar-refractivity contribution < 1.29 is 96.2 Å². The Morgan fingerprint density at radius 1 is 0.748 bits per heavy atom. The Morgan fingerprint density at radius 2 is 1.47 bits per heavy atom. The van der Waals surface area contributed by atoms with E-state index in [0.717, 1.165) is 16.8 Å². The summed E-state index contributed by atoms with van der Waals surface area (Å²) in [4.78, 5) is 122. The number of piperazine rings is 1. The summed E-state index contributed by atoms with van der Waals surface area (Å²) in [6.07, 6.45) is 15.0. The highest BCUT2D eigenvalue weighted by Crippen LogP contribution is 2.39. The molecule has 1 aliphatic carbocycles. The molecule has 107 heavy (non-hydrogen) atoms. The van der Waals surface area contributed by atoms with Crippen molar-refractivity contribution in [3.63, 3.8) is 0 Å². The van der Waals surface area contributed by atoms with E-state index in [-0.39, 0.29) is 87.2 Å². The zero-order valence-corrected chi connectivity index (χ0v) is 64.7. The second-order valence-corrected chi connectivity index (χ2v) is 29.6. The van der Waals surface area contributed by atoms with Gasteiger partial charge in [0.25, 0.3) is 17.6 Å². The minimum Gasteiger partial charge on any atom is -0.480 e. The minimum absolute atomic E-state index is 0.000693. The van der Waals surface area contributed by atoms with Crippen LogP contribution in [-0.4, -0.2) is 261 Å². The molecule has 2 aromatic heterocycles. The Morgan fingerprint density at radius 3 is 2.17 bits per heavy atom. The number of aromatic nitrogens is 4. The molecular weight excluding hydrogens is 1380 g/mol. The van der Waals surface area contributed by atoms with Crippen molar-refractivity contribution in [3.8, 4) is 0 Å². The number of ketones is 2. The summed E-state index contributed by atoms with van der Waals surface area (Å²) in [5.41, 5.74) is 3.01. The van der Waals surface area contributed by atoms with Crippen molar-refractivity contribution >= 4 is 53.3 Å². The number of rotatable bonds is 22. The first kappa shape index (κ1) is 85.4. The van der Waals surface area contributed by atoms with Crippen molar-refractivity contribution in [1.29, 1.82) is 0 Å². The molecule has 4 N–H and O–H groups in total. The van der Waals surface area contributed by atoms with Gasteiger partial charge in [-0.05, 0) is 114 Å². The molecule has 594 valence electrons. The quantitative estimate of drug-likeness (QED) is 0.0399. The van der Waals surface area contributed by atoms with Gasteiger partial charge in [-0.3, -0.25) is 19.2 Å². The highest BCUT2D eigenvalue weighted by Gasteiger charge is 2.53. The average molecular weight is 1500 g/mol. The molecule has 4 fully saturated rings. The molecule has 3 saturated heterocycles. The number of hydrogen-bond donors (Lipinski definition) is 4. The standard InChI is InChI=1S/C78H117N9O20/c1-13-102-33-34-104-36-35-103-32-27-79-71(91)56-43-80-75(81-44-56)87-31-30-84(47-61(87)73(93)94)76-82-45-57-46-85(29-26-59(57)83-76)77(96)106-62-25-23-55(40-66(62)100-11)39-51(5)65-42-64(99-10)50(4)38-53(7)68(89)69(101-12)67(88)52(6)37-48(2)19-15-14-16-20-49(3)63(98-9)41-58-24-22-54(8)78(97,107-58)70(90)72(92)86-28-18-17-21-60(86)74(95)105-65/h14-16,19-20,38,43-45,48,50-52,54-55,58,60-66,68-69,89,97H,13,17-18,21-37,39-42,46-47H2,1-12H3,(H,79,91)(H,93,94)/b16-14+,19-15+,49-20+,53-38+/t48-,50-,51-,52-,54-,55+,58+,60+,61-,62-,63+,64-,65+,66-,68-,69+,78-/m1/s1. The van der Waals surface area contributed by atoms with Crippen LogP contribution in [0.1, 0.15) is 154 Å². The van der Waals surface area contributed by atoms with Crippen LogP contribution in [-0.2, 0) is 84.3 Å². The fraction of sp³-hybridized carbons (Fsp3) is 0.705. The molecule has 2 aromatic rings. The lowest BCUT2D eigenvalue weighted by molar-refractivity contribution is -0.265. The number of allylic oxidation sites excluding steroid dienone is 5. The van der Waals surface area contributed by atoms with Gasteiger partial charge in [-0.1, -0.05) is 71.1 Å². The number of ether oxygens (including phenoxy) is 10. The van der Waals surface area contributed by atoms with Crippen molar-refractivity contribution in [2.75, 3.05) is 117 Å². The molecule has 0 unspecified atom stereocenters. The molecule has 29 heteroatoms. The van der Waals surface area contributed by atoms with Gasteiger partial charge in [0.15, 0.2) is 5.78 Å². The number of nitrogens with one attached hydrogen (secondary N) is 1. The first-order valence-electron chi connectivity index (χ1n) is 38.2. The van der Waals surface area contributed by atoms with Crippen LogP contribution in [0.5, 0.6) is 0 Å². The molecule has 17 atom stereocenters. The van der Waals surface area contributed by atoms with Crippen LogP contribution >= 0.6 is 0 Å². The number of carbonyl (C=O) groups is 7. The number of aliphatic hydroxyl groups is 2. The largest absolute Gasteiger partial charge is 0.480 e. The maximum atomic E-state index is 15.0. The number of methoxy groups -OCH3 is 4. The molecule has 5 aliphatic heterocycles. The van der Waals surface area contributed by atoms with E-state index in [1.165, 1.54) is 24.4 Å². The number of esters is 1. The number of nitrogens with zero attached hydrogens (tertiary/aromatic N) is 8. The number of hydrogen-bond acceptors (Lipinski definition) is 25. The molecular formula is C78H117N9O20. The van der Waals surface area contributed by atoms with Crippen LogP contribution in [0.3, 0.4) is 0 Å². The van der Waals surface area contributed by atoms with Gasteiger partial charge >= 0.3 is 18.0 Å². The number of Topliss-reactive ketones (excluding diaryl/α,β-unsaturated/α-hetero) is 2. The molecule has 2 bridgehead atoms. The van der Waals surface area contributed by atoms with Crippen LogP contribution in [0.15, 0.2) is 66.2 Å². The zero-order valence-electron chi connectivity index (χ0n) is 64.7. The molecule has 3 amide bonds. The van der Waals surface area contributed by atoms with Gasteiger partial charge in [0.1, 0.15) is 36.5 Å². The molecule has 0 spiro atoms. The van der Waals surface area contributed by atoms with Gasteiger partial charge in [-0.2, -0.15) is 0 Å². The van der Waals surface area contributed by atoms with Gasteiger partial charge in [0.2, 0.25) is 17.7 Å². The maximum absolute atomic E-state index is 15.0. The van der Waals surface area contributed by atoms with E-state index in [1.54, 1.807) is 56.1 Å². The summed E-state index contributed by atoms with van der Waals surface area (Å²) >= 11 is 0. The van der Waals surface area contributed by atoms with Crippen LogP contribution in [0.2, 0.25) is 0 Å². The van der Waals surface area contributed by atoms with Crippen molar-refractivity contribution in [2.24, 2.45) is 35.5 Å². The zero-order chi connectivity index (χ0) is 77.5. The lowest BCUT2D eigenvalue weighted by Gasteiger charge is -2.43. The molecule has 8 rings (SSSR count). The van der Waals surface area contributed by atoms with Crippen molar-refractivity contribution in [1.82, 2.24) is 35.1 Å². The fourth-order valence-electron chi connectivity index (χ4n) is 15.4.